The van der Waals surface area contributed by atoms with Crippen LogP contribution in [-0.2, 0) is 26.7 Å². The Kier molecular flexibility index (Phi) is 4.10. The molecule has 6 nitrogen and oxygen atoms in total. The third-order valence-corrected chi connectivity index (χ3v) is 5.51. The van der Waals surface area contributed by atoms with Crippen LogP contribution in [0.4, 0.5) is 0 Å². The van der Waals surface area contributed by atoms with Gasteiger partial charge >= 0.3 is 0 Å². The van der Waals surface area contributed by atoms with Crippen molar-refractivity contribution in [2.45, 2.75) is 26.6 Å². The van der Waals surface area contributed by atoms with E-state index in [1.807, 2.05) is 20.2 Å². The lowest BCUT2D eigenvalue weighted by Crippen LogP contribution is -2.22. The van der Waals surface area contributed by atoms with Crippen LogP contribution in [0.5, 0.6) is 0 Å². The molecule has 0 atom stereocenters. The molecule has 1 aliphatic rings. The van der Waals surface area contributed by atoms with E-state index in [0.717, 1.165) is 34.9 Å². The highest BCUT2D eigenvalue weighted by Crippen LogP contribution is 2.27. The molecule has 4 rings (SSSR count). The van der Waals surface area contributed by atoms with Gasteiger partial charge < -0.3 is 10.6 Å². The average molecular weight is 353 g/mol. The molecule has 3 heterocycles. The summed E-state index contributed by atoms with van der Waals surface area (Å²) in [4.78, 5) is 17.7. The average Bonchev–Trinajstić information content (AvgIpc) is 3.31. The van der Waals surface area contributed by atoms with Gasteiger partial charge in [0.2, 0.25) is 0 Å². The van der Waals surface area contributed by atoms with E-state index in [4.69, 9.17) is 0 Å². The summed E-state index contributed by atoms with van der Waals surface area (Å²) in [6.07, 6.45) is 3.66. The van der Waals surface area contributed by atoms with Gasteiger partial charge in [-0.15, -0.1) is 11.3 Å². The van der Waals surface area contributed by atoms with E-state index in [0.29, 0.717) is 11.4 Å². The molecule has 1 amide bonds. The fourth-order valence-corrected chi connectivity index (χ4v) is 3.94. The van der Waals surface area contributed by atoms with Crippen LogP contribution in [-0.4, -0.2) is 20.7 Å². The quantitative estimate of drug-likeness (QED) is 0.755. The number of nitrogens with one attached hydrogen (secondary N) is 2. The van der Waals surface area contributed by atoms with Gasteiger partial charge in [0.25, 0.3) is 5.91 Å². The summed E-state index contributed by atoms with van der Waals surface area (Å²) in [5, 5.41) is 11.3. The summed E-state index contributed by atoms with van der Waals surface area (Å²) in [5.74, 6) is -0.0798. The van der Waals surface area contributed by atoms with Gasteiger partial charge in [-0.3, -0.25) is 9.48 Å². The molecule has 1 aromatic carbocycles. The maximum absolute atomic E-state index is 12.5. The highest BCUT2D eigenvalue weighted by Gasteiger charge is 2.17. The fourth-order valence-electron chi connectivity index (χ4n) is 2.98. The molecular weight excluding hydrogens is 334 g/mol. The number of hydrogen-bond acceptors (Lipinski definition) is 5. The SMILES string of the molecule is Cc1nc(-c2cnn(C)c2)sc1C(=O)NCc1ccc2c(c1)CNC2. The molecular formula is C18H19N5OS. The number of aromatic nitrogens is 3. The first kappa shape index (κ1) is 16.0. The van der Waals surface area contributed by atoms with Crippen LogP contribution >= 0.6 is 11.3 Å². The Morgan fingerprint density at radius 3 is 3.00 bits per heavy atom. The number of aryl methyl sites for hydroxylation is 2. The largest absolute Gasteiger partial charge is 0.347 e. The minimum absolute atomic E-state index is 0.0798. The Morgan fingerprint density at radius 2 is 2.20 bits per heavy atom. The smallest absolute Gasteiger partial charge is 0.263 e. The van der Waals surface area contributed by atoms with E-state index in [-0.39, 0.29) is 5.91 Å². The first-order valence-corrected chi connectivity index (χ1v) is 8.98. The molecule has 128 valence electrons. The zero-order valence-corrected chi connectivity index (χ0v) is 15.0. The lowest BCUT2D eigenvalue weighted by atomic mass is 10.1. The van der Waals surface area contributed by atoms with Gasteiger partial charge in [-0.2, -0.15) is 5.10 Å². The molecule has 0 fully saturated rings. The van der Waals surface area contributed by atoms with E-state index in [9.17, 15) is 4.79 Å². The molecule has 0 unspecified atom stereocenters. The minimum Gasteiger partial charge on any atom is -0.347 e. The Hall–Kier alpha value is -2.51. The number of rotatable bonds is 4. The van der Waals surface area contributed by atoms with Gasteiger partial charge in [-0.25, -0.2) is 4.98 Å². The van der Waals surface area contributed by atoms with Crippen molar-refractivity contribution in [2.75, 3.05) is 0 Å². The second-order valence-corrected chi connectivity index (χ2v) is 7.22. The van der Waals surface area contributed by atoms with Gasteiger partial charge in [0.05, 0.1) is 11.9 Å². The third-order valence-electron chi connectivity index (χ3n) is 4.31. The number of nitrogens with zero attached hydrogens (tertiary/aromatic N) is 3. The summed E-state index contributed by atoms with van der Waals surface area (Å²) < 4.78 is 1.73. The summed E-state index contributed by atoms with van der Waals surface area (Å²) in [6, 6.07) is 6.37. The van der Waals surface area contributed by atoms with Crippen LogP contribution in [0.1, 0.15) is 32.1 Å². The number of fused-ring (bicyclic) bond motifs is 1. The summed E-state index contributed by atoms with van der Waals surface area (Å²) in [6.45, 7) is 4.22. The summed E-state index contributed by atoms with van der Waals surface area (Å²) in [7, 11) is 1.86. The summed E-state index contributed by atoms with van der Waals surface area (Å²) >= 11 is 1.40. The predicted molar refractivity (Wildman–Crippen MR) is 97.2 cm³/mol. The van der Waals surface area contributed by atoms with Crippen molar-refractivity contribution in [3.05, 3.63) is 57.9 Å². The number of amides is 1. The number of hydrogen-bond donors (Lipinski definition) is 2. The molecule has 7 heteroatoms. The second-order valence-electron chi connectivity index (χ2n) is 6.23. The first-order chi connectivity index (χ1) is 12.1. The van der Waals surface area contributed by atoms with Gasteiger partial charge in [0, 0.05) is 38.4 Å². The zero-order valence-electron chi connectivity index (χ0n) is 14.2. The molecule has 0 bridgehead atoms. The normalized spacial score (nSPS) is 13.0. The van der Waals surface area contributed by atoms with Gasteiger partial charge in [-0.05, 0) is 23.6 Å². The molecule has 1 aliphatic heterocycles. The highest BCUT2D eigenvalue weighted by atomic mass is 32.1. The molecule has 2 aromatic heterocycles. The predicted octanol–water partition coefficient (Wildman–Crippen LogP) is 2.39. The fraction of sp³-hybridized carbons (Fsp3) is 0.278. The Morgan fingerprint density at radius 1 is 1.36 bits per heavy atom. The van der Waals surface area contributed by atoms with E-state index in [2.05, 4.69) is 38.9 Å². The second kappa shape index (κ2) is 6.42. The maximum atomic E-state index is 12.5. The van der Waals surface area contributed by atoms with Gasteiger partial charge in [0.1, 0.15) is 9.88 Å². The molecule has 0 saturated carbocycles. The lowest BCUT2D eigenvalue weighted by molar-refractivity contribution is 0.0954. The number of carbonyl (C=O) groups excluding carboxylic acids is 1. The minimum atomic E-state index is -0.0798. The van der Waals surface area contributed by atoms with Crippen molar-refractivity contribution >= 4 is 17.2 Å². The standard InChI is InChI=1S/C18H19N5OS/c1-11-16(25-18(22-11)15-9-21-23(2)10-15)17(24)20-6-12-3-4-13-7-19-8-14(13)5-12/h3-5,9-10,19H,6-8H2,1-2H3,(H,20,24). The maximum Gasteiger partial charge on any atom is 0.263 e. The Labute approximate surface area is 149 Å². The van der Waals surface area contributed by atoms with Crippen molar-refractivity contribution in [1.29, 1.82) is 0 Å². The monoisotopic (exact) mass is 353 g/mol. The van der Waals surface area contributed by atoms with Gasteiger partial charge in [-0.1, -0.05) is 18.2 Å². The zero-order chi connectivity index (χ0) is 17.4. The van der Waals surface area contributed by atoms with E-state index >= 15 is 0 Å². The third kappa shape index (κ3) is 3.20. The van der Waals surface area contributed by atoms with Crippen LogP contribution in [0.3, 0.4) is 0 Å². The number of carbonyl (C=O) groups is 1. The van der Waals surface area contributed by atoms with Crippen LogP contribution in [0, 0.1) is 6.92 Å². The topological polar surface area (TPSA) is 71.8 Å². The van der Waals surface area contributed by atoms with Crippen molar-refractivity contribution in [1.82, 2.24) is 25.4 Å². The molecule has 25 heavy (non-hydrogen) atoms. The van der Waals surface area contributed by atoms with E-state index < -0.39 is 0 Å². The number of thiazole rings is 1. The van der Waals surface area contributed by atoms with Gasteiger partial charge in [0.15, 0.2) is 0 Å². The number of benzene rings is 1. The van der Waals surface area contributed by atoms with Crippen molar-refractivity contribution < 1.29 is 4.79 Å². The molecule has 0 spiro atoms. The molecule has 3 aromatic rings. The van der Waals surface area contributed by atoms with E-state index in [1.165, 1.54) is 22.5 Å². The molecule has 0 aliphatic carbocycles. The first-order valence-electron chi connectivity index (χ1n) is 8.16. The van der Waals surface area contributed by atoms with Crippen molar-refractivity contribution in [2.24, 2.45) is 7.05 Å². The van der Waals surface area contributed by atoms with Crippen molar-refractivity contribution in [3.63, 3.8) is 0 Å². The highest BCUT2D eigenvalue weighted by molar-refractivity contribution is 7.17. The summed E-state index contributed by atoms with van der Waals surface area (Å²) in [5.41, 5.74) is 5.46. The van der Waals surface area contributed by atoms with Crippen LogP contribution in [0.15, 0.2) is 30.6 Å². The van der Waals surface area contributed by atoms with Crippen LogP contribution in [0.25, 0.3) is 10.6 Å². The van der Waals surface area contributed by atoms with E-state index in [1.54, 1.807) is 10.9 Å². The molecule has 0 saturated heterocycles. The van der Waals surface area contributed by atoms with Crippen molar-refractivity contribution in [3.8, 4) is 10.6 Å². The molecule has 0 radical (unpaired) electrons. The Bertz CT molecular complexity index is 943. The lowest BCUT2D eigenvalue weighted by Gasteiger charge is -2.06. The van der Waals surface area contributed by atoms with Crippen LogP contribution in [0.2, 0.25) is 0 Å². The molecule has 2 N–H and O–H groups in total. The Balaban J connectivity index is 1.47. The van der Waals surface area contributed by atoms with Crippen LogP contribution < -0.4 is 10.6 Å².